The van der Waals surface area contributed by atoms with Crippen molar-refractivity contribution in [3.05, 3.63) is 126 Å². The van der Waals surface area contributed by atoms with Crippen molar-refractivity contribution in [2.24, 2.45) is 0 Å². The van der Waals surface area contributed by atoms with E-state index >= 15 is 0 Å². The molecule has 0 N–H and O–H groups in total. The summed E-state index contributed by atoms with van der Waals surface area (Å²) in [7, 11) is -1.97. The Hall–Kier alpha value is -3.87. The summed E-state index contributed by atoms with van der Waals surface area (Å²) in [5, 5.41) is 0. The molecule has 6 heteroatoms. The average Bonchev–Trinajstić information content (AvgIpc) is 3.07. The number of methoxy groups -OCH3 is 1. The number of ether oxygens (including phenoxy) is 3. The van der Waals surface area contributed by atoms with Gasteiger partial charge in [-0.1, -0.05) is 105 Å². The molecule has 0 heterocycles. The summed E-state index contributed by atoms with van der Waals surface area (Å²) in [5.41, 5.74) is 2.95. The summed E-state index contributed by atoms with van der Waals surface area (Å²) in [6.45, 7) is 28.9. The van der Waals surface area contributed by atoms with Gasteiger partial charge in [-0.15, -0.1) is 6.58 Å². The first-order valence-electron chi connectivity index (χ1n) is 17.1. The Labute approximate surface area is 298 Å². The zero-order valence-corrected chi connectivity index (χ0v) is 33.0. The van der Waals surface area contributed by atoms with Gasteiger partial charge in [-0.05, 0) is 104 Å². The Morgan fingerprint density at radius 1 is 0.571 bits per heavy atom. The maximum atomic E-state index is 13.1. The van der Waals surface area contributed by atoms with Crippen LogP contribution in [0, 0.1) is 0 Å². The molecule has 0 spiro atoms. The van der Waals surface area contributed by atoms with E-state index in [1.807, 2.05) is 84.9 Å². The van der Waals surface area contributed by atoms with E-state index in [-0.39, 0.29) is 26.2 Å². The van der Waals surface area contributed by atoms with Gasteiger partial charge in [0, 0.05) is 12.5 Å². The van der Waals surface area contributed by atoms with Crippen LogP contribution >= 0.6 is 0 Å². The van der Waals surface area contributed by atoms with Gasteiger partial charge in [-0.3, -0.25) is 0 Å². The van der Waals surface area contributed by atoms with Crippen molar-refractivity contribution >= 4 is 9.84 Å². The number of sulfone groups is 1. The Bertz CT molecular complexity index is 1620. The van der Waals surface area contributed by atoms with Crippen LogP contribution in [0.2, 0.25) is 0 Å². The largest absolute Gasteiger partial charge is 0.488 e. The van der Waals surface area contributed by atoms with Crippen LogP contribution in [0.1, 0.15) is 99.8 Å². The molecule has 0 atom stereocenters. The second kappa shape index (κ2) is 19.4. The van der Waals surface area contributed by atoms with E-state index in [4.69, 9.17) is 9.47 Å². The van der Waals surface area contributed by atoms with Crippen molar-refractivity contribution in [1.29, 1.82) is 0 Å². The first kappa shape index (κ1) is 43.2. The molecule has 268 valence electrons. The Morgan fingerprint density at radius 3 is 1.24 bits per heavy atom. The third kappa shape index (κ3) is 13.2. The Kier molecular flexibility index (Phi) is 17.0. The van der Waals surface area contributed by atoms with Crippen molar-refractivity contribution in [2.75, 3.05) is 13.7 Å². The molecule has 4 aromatic carbocycles. The van der Waals surface area contributed by atoms with Gasteiger partial charge in [-0.25, -0.2) is 8.42 Å². The molecule has 0 unspecified atom stereocenters. The molecule has 49 heavy (non-hydrogen) atoms. The summed E-state index contributed by atoms with van der Waals surface area (Å²) >= 11 is 0. The highest BCUT2D eigenvalue weighted by molar-refractivity contribution is 7.91. The van der Waals surface area contributed by atoms with Crippen LogP contribution in [0.5, 0.6) is 17.2 Å². The minimum Gasteiger partial charge on any atom is -0.488 e. The third-order valence-electron chi connectivity index (χ3n) is 7.26. The Morgan fingerprint density at radius 2 is 0.918 bits per heavy atom. The van der Waals surface area contributed by atoms with Gasteiger partial charge in [0.2, 0.25) is 9.84 Å². The average molecular weight is 689 g/mol. The second-order valence-electron chi connectivity index (χ2n) is 13.5. The first-order chi connectivity index (χ1) is 23.0. The summed E-state index contributed by atoms with van der Waals surface area (Å²) in [5.74, 6) is 2.11. The number of hydrogen-bond acceptors (Lipinski definition) is 5. The predicted octanol–water partition coefficient (Wildman–Crippen LogP) is 12.0. The van der Waals surface area contributed by atoms with Gasteiger partial charge in [0.05, 0.1) is 16.4 Å². The van der Waals surface area contributed by atoms with Crippen LogP contribution in [0.3, 0.4) is 0 Å². The Balaban J connectivity index is 0.00000120. The quantitative estimate of drug-likeness (QED) is 0.164. The fraction of sp³-hybridized carbons (Fsp3) is 0.395. The lowest BCUT2D eigenvalue weighted by molar-refractivity contribution is 0.131. The van der Waals surface area contributed by atoms with Crippen LogP contribution in [-0.2, 0) is 25.4 Å². The fourth-order valence-electron chi connectivity index (χ4n) is 4.61. The van der Waals surface area contributed by atoms with Crippen molar-refractivity contribution in [1.82, 2.24) is 0 Å². The molecule has 5 nitrogen and oxygen atoms in total. The molecule has 0 amide bonds. The summed E-state index contributed by atoms with van der Waals surface area (Å²) in [6, 6.07) is 29.9. The van der Waals surface area contributed by atoms with E-state index in [1.54, 1.807) is 49.6 Å². The van der Waals surface area contributed by atoms with Gasteiger partial charge in [-0.2, -0.15) is 0 Å². The zero-order chi connectivity index (χ0) is 37.5. The van der Waals surface area contributed by atoms with E-state index in [2.05, 4.69) is 70.2 Å². The van der Waals surface area contributed by atoms with Gasteiger partial charge >= 0.3 is 0 Å². The van der Waals surface area contributed by atoms with Crippen molar-refractivity contribution in [3.63, 3.8) is 0 Å². The molecule has 4 rings (SSSR count). The standard InChI is InChI=1S/C35H40O4S.C4H8O.2C2H6/c1-33(2,3)25-13-21-31(22-14-25)40(36,37)32-23-19-29(20-24-32)38-28-15-9-26(10-16-28)35(7,8)27-11-17-30(18-12-27)39-34(4,5)6;1-3-4-5-2;2*1-2/h9-24H,1-8H3;3H,1,4H2,2H3;2*1-2H3. The molecule has 0 fully saturated rings. The first-order valence-corrected chi connectivity index (χ1v) is 18.6. The number of rotatable bonds is 9. The molecular weight excluding hydrogens is 629 g/mol. The lowest BCUT2D eigenvalue weighted by Crippen LogP contribution is -2.23. The number of benzene rings is 4. The topological polar surface area (TPSA) is 61.8 Å². The minimum atomic E-state index is -3.61. The third-order valence-corrected chi connectivity index (χ3v) is 9.05. The molecule has 0 aliphatic carbocycles. The van der Waals surface area contributed by atoms with Gasteiger partial charge in [0.1, 0.15) is 22.8 Å². The van der Waals surface area contributed by atoms with Crippen molar-refractivity contribution in [2.45, 2.75) is 109 Å². The lowest BCUT2D eigenvalue weighted by Gasteiger charge is -2.27. The summed E-state index contributed by atoms with van der Waals surface area (Å²) in [4.78, 5) is 0.517. The van der Waals surface area contributed by atoms with Crippen LogP contribution in [0.4, 0.5) is 0 Å². The maximum absolute atomic E-state index is 13.1. The normalized spacial score (nSPS) is 11.4. The molecule has 0 bridgehead atoms. The molecule has 0 saturated heterocycles. The number of hydrogen-bond donors (Lipinski definition) is 0. The van der Waals surface area contributed by atoms with E-state index in [9.17, 15) is 8.42 Å². The SMILES string of the molecule is C=CCOC.CC.CC.CC(C)(C)Oc1ccc(C(C)(C)c2ccc(Oc3ccc(S(=O)(=O)c4ccc(C(C)(C)C)cc4)cc3)cc2)cc1. The lowest BCUT2D eigenvalue weighted by atomic mass is 9.78. The highest BCUT2D eigenvalue weighted by Crippen LogP contribution is 2.35. The fourth-order valence-corrected chi connectivity index (χ4v) is 5.87. The molecule has 0 radical (unpaired) electrons. The van der Waals surface area contributed by atoms with E-state index in [1.165, 1.54) is 5.56 Å². The van der Waals surface area contributed by atoms with Crippen LogP contribution < -0.4 is 9.47 Å². The second-order valence-corrected chi connectivity index (χ2v) is 15.4. The van der Waals surface area contributed by atoms with Gasteiger partial charge in [0.15, 0.2) is 0 Å². The highest BCUT2D eigenvalue weighted by atomic mass is 32.2. The molecule has 0 aliphatic heterocycles. The molecule has 0 saturated carbocycles. The molecule has 4 aromatic rings. The van der Waals surface area contributed by atoms with E-state index in [0.717, 1.165) is 16.9 Å². The van der Waals surface area contributed by atoms with E-state index < -0.39 is 9.84 Å². The minimum absolute atomic E-state index is 0.0395. The van der Waals surface area contributed by atoms with Crippen LogP contribution in [0.15, 0.2) is 120 Å². The van der Waals surface area contributed by atoms with Crippen molar-refractivity contribution < 1.29 is 22.6 Å². The van der Waals surface area contributed by atoms with Gasteiger partial charge < -0.3 is 14.2 Å². The molecule has 0 aromatic heterocycles. The van der Waals surface area contributed by atoms with Crippen molar-refractivity contribution in [3.8, 4) is 17.2 Å². The monoisotopic (exact) mass is 688 g/mol. The maximum Gasteiger partial charge on any atom is 0.206 e. The van der Waals surface area contributed by atoms with Crippen LogP contribution in [-0.4, -0.2) is 27.7 Å². The molecule has 0 aliphatic rings. The highest BCUT2D eigenvalue weighted by Gasteiger charge is 2.24. The zero-order valence-electron chi connectivity index (χ0n) is 32.2. The van der Waals surface area contributed by atoms with Gasteiger partial charge in [0.25, 0.3) is 0 Å². The predicted molar refractivity (Wildman–Crippen MR) is 207 cm³/mol. The van der Waals surface area contributed by atoms with Crippen LogP contribution in [0.25, 0.3) is 0 Å². The van der Waals surface area contributed by atoms with E-state index in [0.29, 0.717) is 18.1 Å². The molecular formula is C43H60O5S. The summed E-state index contributed by atoms with van der Waals surface area (Å²) in [6.07, 6.45) is 1.71. The summed E-state index contributed by atoms with van der Waals surface area (Å²) < 4.78 is 42.9. The smallest absolute Gasteiger partial charge is 0.206 e.